The minimum Gasteiger partial charge on any atom is -0.378 e. The number of amides is 1. The Morgan fingerprint density at radius 3 is 2.55 bits per heavy atom. The van der Waals surface area contributed by atoms with Gasteiger partial charge in [-0.25, -0.2) is 0 Å². The summed E-state index contributed by atoms with van der Waals surface area (Å²) in [6.07, 6.45) is 12.5. The molecule has 0 aliphatic carbocycles. The highest BCUT2D eigenvalue weighted by Gasteiger charge is 2.45. The lowest BCUT2D eigenvalue weighted by atomic mass is 9.97. The Morgan fingerprint density at radius 1 is 1.32 bits per heavy atom. The van der Waals surface area contributed by atoms with Crippen molar-refractivity contribution in [1.82, 2.24) is 4.90 Å². The number of fused-ring (bicyclic) bond motifs is 2. The van der Waals surface area contributed by atoms with E-state index in [0.717, 1.165) is 38.7 Å². The van der Waals surface area contributed by atoms with Crippen LogP contribution < -0.4 is 0 Å². The summed E-state index contributed by atoms with van der Waals surface area (Å²) in [7, 11) is 0. The van der Waals surface area contributed by atoms with Gasteiger partial charge in [-0.3, -0.25) is 4.79 Å². The lowest BCUT2D eigenvalue weighted by molar-refractivity contribution is -0.138. The predicted molar refractivity (Wildman–Crippen MR) is 83.2 cm³/mol. The molecule has 2 bridgehead atoms. The maximum Gasteiger partial charge on any atom is 0.223 e. The van der Waals surface area contributed by atoms with Crippen LogP contribution in [0, 0.1) is 12.3 Å². The third kappa shape index (κ3) is 3.17. The summed E-state index contributed by atoms with van der Waals surface area (Å²) in [4.78, 5) is 14.8. The predicted octanol–water partition coefficient (Wildman–Crippen LogP) is 2.90. The highest BCUT2D eigenvalue weighted by atomic mass is 16.5. The third-order valence-electron chi connectivity index (χ3n) is 5.17. The fraction of sp³-hybridized carbons (Fsp3) is 0.824. The maximum absolute atomic E-state index is 12.6. The van der Waals surface area contributed by atoms with E-state index >= 15 is 0 Å². The molecule has 3 heterocycles. The molecule has 0 N–H and O–H groups in total. The molecule has 0 radical (unpaired) electrons. The maximum atomic E-state index is 12.6. The van der Waals surface area contributed by atoms with E-state index in [-0.39, 0.29) is 11.6 Å². The second kappa shape index (κ2) is 6.37. The lowest BCUT2D eigenvalue weighted by Crippen LogP contribution is -2.48. The molecule has 3 aliphatic heterocycles. The molecule has 0 aromatic heterocycles. The fourth-order valence-corrected chi connectivity index (χ4v) is 4.01. The topological polar surface area (TPSA) is 54.3 Å². The van der Waals surface area contributed by atoms with Gasteiger partial charge in [0.25, 0.3) is 0 Å². The van der Waals surface area contributed by atoms with Crippen molar-refractivity contribution in [3.63, 3.8) is 0 Å². The van der Waals surface area contributed by atoms with E-state index in [2.05, 4.69) is 21.0 Å². The Balaban J connectivity index is 1.50. The van der Waals surface area contributed by atoms with Gasteiger partial charge in [-0.05, 0) is 32.6 Å². The molecule has 2 atom stereocenters. The average Bonchev–Trinajstić information content (AvgIpc) is 3.23. The van der Waals surface area contributed by atoms with Crippen LogP contribution in [0.4, 0.5) is 0 Å². The van der Waals surface area contributed by atoms with Crippen molar-refractivity contribution < 1.29 is 9.53 Å². The third-order valence-corrected chi connectivity index (χ3v) is 5.17. The average molecular weight is 303 g/mol. The summed E-state index contributed by atoms with van der Waals surface area (Å²) < 4.78 is 5.77. The number of terminal acetylenes is 1. The van der Waals surface area contributed by atoms with E-state index < -0.39 is 0 Å². The van der Waals surface area contributed by atoms with Crippen molar-refractivity contribution in [2.45, 2.75) is 82.1 Å². The Labute approximate surface area is 132 Å². The Kier molecular flexibility index (Phi) is 4.49. The second-order valence-corrected chi connectivity index (χ2v) is 6.62. The molecular formula is C17H25N3O2. The number of nitrogens with zero attached hydrogens (tertiary/aromatic N) is 3. The van der Waals surface area contributed by atoms with Gasteiger partial charge >= 0.3 is 0 Å². The number of rotatable bonds is 7. The van der Waals surface area contributed by atoms with E-state index in [1.807, 2.05) is 6.92 Å². The minimum absolute atomic E-state index is 0.264. The molecule has 0 aromatic carbocycles. The first kappa shape index (κ1) is 15.5. The van der Waals surface area contributed by atoms with Crippen molar-refractivity contribution in [1.29, 1.82) is 0 Å². The minimum atomic E-state index is -0.343. The van der Waals surface area contributed by atoms with Crippen molar-refractivity contribution in [2.75, 3.05) is 6.61 Å². The molecule has 1 amide bonds. The van der Waals surface area contributed by atoms with Crippen LogP contribution in [0.1, 0.15) is 58.3 Å². The summed E-state index contributed by atoms with van der Waals surface area (Å²) in [5.41, 5.74) is -0.343. The summed E-state index contributed by atoms with van der Waals surface area (Å²) >= 11 is 0. The molecule has 2 saturated heterocycles. The molecule has 5 nitrogen and oxygen atoms in total. The monoisotopic (exact) mass is 303 g/mol. The molecular weight excluding hydrogens is 278 g/mol. The number of carbonyl (C=O) groups is 1. The first-order chi connectivity index (χ1) is 10.7. The normalized spacial score (nSPS) is 31.1. The number of hydrogen-bond acceptors (Lipinski definition) is 4. The SMILES string of the molecule is C#CCCC1(CCC(=O)N2C3CCC2CC(OCC)C3)N=N1. The quantitative estimate of drug-likeness (QED) is 0.679. The Bertz CT molecular complexity index is 477. The zero-order valence-corrected chi connectivity index (χ0v) is 13.3. The number of carbonyl (C=O) groups excluding carboxylic acids is 1. The van der Waals surface area contributed by atoms with E-state index in [4.69, 9.17) is 11.2 Å². The van der Waals surface area contributed by atoms with E-state index in [1.165, 1.54) is 0 Å². The molecule has 2 unspecified atom stereocenters. The van der Waals surface area contributed by atoms with Crippen LogP contribution in [0.15, 0.2) is 10.2 Å². The zero-order chi connectivity index (χ0) is 15.6. The van der Waals surface area contributed by atoms with Gasteiger partial charge < -0.3 is 9.64 Å². The van der Waals surface area contributed by atoms with Crippen LogP contribution in [0.3, 0.4) is 0 Å². The number of hydrogen-bond donors (Lipinski definition) is 0. The molecule has 0 saturated carbocycles. The van der Waals surface area contributed by atoms with Gasteiger partial charge in [-0.1, -0.05) is 0 Å². The summed E-state index contributed by atoms with van der Waals surface area (Å²) in [6.45, 7) is 2.80. The number of ether oxygens (including phenoxy) is 1. The highest BCUT2D eigenvalue weighted by Crippen LogP contribution is 2.40. The van der Waals surface area contributed by atoms with Crippen LogP contribution in [0.5, 0.6) is 0 Å². The molecule has 0 spiro atoms. The van der Waals surface area contributed by atoms with Crippen molar-refractivity contribution in [3.05, 3.63) is 0 Å². The van der Waals surface area contributed by atoms with Crippen LogP contribution in [-0.2, 0) is 9.53 Å². The van der Waals surface area contributed by atoms with Crippen molar-refractivity contribution in [3.8, 4) is 12.3 Å². The highest BCUT2D eigenvalue weighted by molar-refractivity contribution is 5.77. The Morgan fingerprint density at radius 2 is 2.00 bits per heavy atom. The largest absolute Gasteiger partial charge is 0.378 e. The van der Waals surface area contributed by atoms with E-state index in [0.29, 0.717) is 37.5 Å². The molecule has 5 heteroatoms. The molecule has 3 aliphatic rings. The van der Waals surface area contributed by atoms with Crippen LogP contribution in [-0.4, -0.2) is 41.3 Å². The lowest BCUT2D eigenvalue weighted by Gasteiger charge is -2.39. The summed E-state index contributed by atoms with van der Waals surface area (Å²) in [6, 6.07) is 0.745. The van der Waals surface area contributed by atoms with Gasteiger partial charge in [0.2, 0.25) is 5.91 Å². The van der Waals surface area contributed by atoms with Gasteiger partial charge in [-0.2, -0.15) is 10.2 Å². The van der Waals surface area contributed by atoms with E-state index in [9.17, 15) is 4.79 Å². The zero-order valence-electron chi connectivity index (χ0n) is 13.3. The van der Waals surface area contributed by atoms with Crippen LogP contribution in [0.25, 0.3) is 0 Å². The van der Waals surface area contributed by atoms with Crippen LogP contribution >= 0.6 is 0 Å². The molecule has 0 aromatic rings. The summed E-state index contributed by atoms with van der Waals surface area (Å²) in [5.74, 6) is 2.89. The number of piperidine rings is 1. The van der Waals surface area contributed by atoms with Crippen molar-refractivity contribution >= 4 is 5.91 Å². The van der Waals surface area contributed by atoms with E-state index in [1.54, 1.807) is 0 Å². The summed E-state index contributed by atoms with van der Waals surface area (Å²) in [5, 5.41) is 8.23. The van der Waals surface area contributed by atoms with Gasteiger partial charge in [-0.15, -0.1) is 12.3 Å². The van der Waals surface area contributed by atoms with Gasteiger partial charge in [0.05, 0.1) is 6.10 Å². The standard InChI is InChI=1S/C17H25N3O2/c1-3-5-9-17(18-19-17)10-8-16(21)20-13-6-7-14(20)12-15(11-13)22-4-2/h1,13-15H,4-12H2,2H3. The van der Waals surface area contributed by atoms with Gasteiger partial charge in [0.15, 0.2) is 5.66 Å². The van der Waals surface area contributed by atoms with Gasteiger partial charge in [0, 0.05) is 44.4 Å². The first-order valence-electron chi connectivity index (χ1n) is 8.48. The molecule has 22 heavy (non-hydrogen) atoms. The molecule has 3 rings (SSSR count). The molecule has 2 fully saturated rings. The van der Waals surface area contributed by atoms with Crippen LogP contribution in [0.2, 0.25) is 0 Å². The first-order valence-corrected chi connectivity index (χ1v) is 8.48. The Hall–Kier alpha value is -1.41. The fourth-order valence-electron chi connectivity index (χ4n) is 4.01. The smallest absolute Gasteiger partial charge is 0.223 e. The second-order valence-electron chi connectivity index (χ2n) is 6.62. The van der Waals surface area contributed by atoms with Crippen molar-refractivity contribution in [2.24, 2.45) is 10.2 Å². The molecule has 120 valence electrons. The van der Waals surface area contributed by atoms with Gasteiger partial charge in [0.1, 0.15) is 0 Å².